The van der Waals surface area contributed by atoms with E-state index in [4.69, 9.17) is 0 Å². The minimum Gasteiger partial charge on any atom is -0.296 e. The first-order valence-corrected chi connectivity index (χ1v) is 7.73. The molecular formula is C16H9F4N3OS. The molecule has 1 amide bonds. The summed E-state index contributed by atoms with van der Waals surface area (Å²) in [5.74, 6) is -1.35. The molecule has 0 saturated heterocycles. The van der Waals surface area contributed by atoms with E-state index in [1.807, 2.05) is 0 Å². The fraction of sp³-hybridized carbons (Fsp3) is 0.0625. The van der Waals surface area contributed by atoms with Crippen LogP contribution in [0.15, 0.2) is 48.5 Å². The zero-order valence-electron chi connectivity index (χ0n) is 12.3. The summed E-state index contributed by atoms with van der Waals surface area (Å²) in [4.78, 5) is 12.2. The number of rotatable bonds is 3. The van der Waals surface area contributed by atoms with Gasteiger partial charge in [-0.3, -0.25) is 10.1 Å². The van der Waals surface area contributed by atoms with Gasteiger partial charge in [-0.2, -0.15) is 13.2 Å². The lowest BCUT2D eigenvalue weighted by atomic mass is 10.1. The first-order valence-electron chi connectivity index (χ1n) is 6.91. The number of amides is 1. The van der Waals surface area contributed by atoms with Crippen molar-refractivity contribution in [2.45, 2.75) is 6.18 Å². The predicted octanol–water partition coefficient (Wildman–Crippen LogP) is 4.62. The number of aromatic nitrogens is 2. The van der Waals surface area contributed by atoms with E-state index in [-0.39, 0.29) is 5.13 Å². The third-order valence-corrected chi connectivity index (χ3v) is 4.10. The molecule has 1 N–H and O–H groups in total. The Kier molecular flexibility index (Phi) is 4.49. The van der Waals surface area contributed by atoms with E-state index in [0.717, 1.165) is 23.5 Å². The summed E-state index contributed by atoms with van der Waals surface area (Å²) >= 11 is 0.970. The highest BCUT2D eigenvalue weighted by Crippen LogP contribution is 2.32. The lowest BCUT2D eigenvalue weighted by Crippen LogP contribution is -2.18. The lowest BCUT2D eigenvalue weighted by Gasteiger charge is -2.11. The van der Waals surface area contributed by atoms with Crippen molar-refractivity contribution in [3.8, 4) is 10.6 Å². The molecule has 3 rings (SSSR count). The molecule has 0 fully saturated rings. The van der Waals surface area contributed by atoms with Gasteiger partial charge in [0.15, 0.2) is 0 Å². The quantitative estimate of drug-likeness (QED) is 0.688. The first kappa shape index (κ1) is 17.0. The van der Waals surface area contributed by atoms with Crippen molar-refractivity contribution in [1.29, 1.82) is 0 Å². The number of nitrogens with one attached hydrogen (secondary N) is 1. The summed E-state index contributed by atoms with van der Waals surface area (Å²) in [5.41, 5.74) is -0.959. The lowest BCUT2D eigenvalue weighted by molar-refractivity contribution is -0.137. The molecule has 4 nitrogen and oxygen atoms in total. The molecule has 0 atom stereocenters. The fourth-order valence-corrected chi connectivity index (χ4v) is 2.82. The minimum absolute atomic E-state index is 0.0429. The van der Waals surface area contributed by atoms with Crippen LogP contribution in [-0.4, -0.2) is 16.1 Å². The minimum atomic E-state index is -4.64. The van der Waals surface area contributed by atoms with Crippen LogP contribution in [0.1, 0.15) is 15.9 Å². The van der Waals surface area contributed by atoms with Gasteiger partial charge in [-0.15, -0.1) is 10.2 Å². The van der Waals surface area contributed by atoms with E-state index >= 15 is 0 Å². The maximum Gasteiger partial charge on any atom is 0.417 e. The van der Waals surface area contributed by atoms with Crippen LogP contribution >= 0.6 is 11.3 Å². The van der Waals surface area contributed by atoms with Gasteiger partial charge in [-0.25, -0.2) is 4.39 Å². The highest BCUT2D eigenvalue weighted by atomic mass is 32.1. The van der Waals surface area contributed by atoms with Crippen LogP contribution in [0.2, 0.25) is 0 Å². The molecule has 0 aliphatic rings. The van der Waals surface area contributed by atoms with Crippen molar-refractivity contribution in [1.82, 2.24) is 10.2 Å². The number of halogens is 4. The number of alkyl halides is 3. The van der Waals surface area contributed by atoms with Crippen LogP contribution in [0.25, 0.3) is 10.6 Å². The zero-order valence-corrected chi connectivity index (χ0v) is 13.2. The van der Waals surface area contributed by atoms with E-state index < -0.39 is 29.0 Å². The van der Waals surface area contributed by atoms with E-state index in [2.05, 4.69) is 15.5 Å². The van der Waals surface area contributed by atoms with Gasteiger partial charge >= 0.3 is 6.18 Å². The van der Waals surface area contributed by atoms with Crippen LogP contribution in [0.4, 0.5) is 22.7 Å². The maximum absolute atomic E-state index is 13.0. The Labute approximate surface area is 143 Å². The average molecular weight is 367 g/mol. The second-order valence-corrected chi connectivity index (χ2v) is 5.89. The van der Waals surface area contributed by atoms with Crippen molar-refractivity contribution >= 4 is 22.4 Å². The molecule has 0 aliphatic carbocycles. The van der Waals surface area contributed by atoms with E-state index in [1.54, 1.807) is 0 Å². The molecule has 2 aromatic carbocycles. The molecule has 0 bridgehead atoms. The normalized spacial score (nSPS) is 11.4. The second-order valence-electron chi connectivity index (χ2n) is 4.92. The third kappa shape index (κ3) is 3.82. The third-order valence-electron chi connectivity index (χ3n) is 3.21. The van der Waals surface area contributed by atoms with E-state index in [0.29, 0.717) is 10.6 Å². The molecule has 9 heteroatoms. The van der Waals surface area contributed by atoms with Gasteiger partial charge in [-0.05, 0) is 36.4 Å². The number of nitrogens with zero attached hydrogens (tertiary/aromatic N) is 2. The topological polar surface area (TPSA) is 54.9 Å². The standard InChI is InChI=1S/C16H9F4N3OS/c17-10-7-5-9(6-8-10)14-22-23-15(25-14)21-13(24)11-3-1-2-4-12(11)16(18,19)20/h1-8H,(H,21,23,24). The van der Waals surface area contributed by atoms with Gasteiger partial charge in [-0.1, -0.05) is 23.5 Å². The van der Waals surface area contributed by atoms with Gasteiger partial charge in [0.05, 0.1) is 11.1 Å². The Balaban J connectivity index is 1.82. The van der Waals surface area contributed by atoms with E-state index in [1.165, 1.54) is 36.4 Å². The molecule has 25 heavy (non-hydrogen) atoms. The summed E-state index contributed by atoms with van der Waals surface area (Å²) in [7, 11) is 0. The molecule has 0 spiro atoms. The molecule has 0 aliphatic heterocycles. The van der Waals surface area contributed by atoms with E-state index in [9.17, 15) is 22.4 Å². The van der Waals surface area contributed by atoms with Crippen molar-refractivity contribution < 1.29 is 22.4 Å². The molecule has 128 valence electrons. The predicted molar refractivity (Wildman–Crippen MR) is 84.7 cm³/mol. The van der Waals surface area contributed by atoms with Crippen molar-refractivity contribution in [2.24, 2.45) is 0 Å². The van der Waals surface area contributed by atoms with Gasteiger partial charge in [0.1, 0.15) is 10.8 Å². The van der Waals surface area contributed by atoms with Gasteiger partial charge in [0, 0.05) is 5.56 Å². The Hall–Kier alpha value is -2.81. The van der Waals surface area contributed by atoms with Crippen molar-refractivity contribution in [3.05, 3.63) is 65.5 Å². The van der Waals surface area contributed by atoms with Gasteiger partial charge < -0.3 is 0 Å². The monoisotopic (exact) mass is 367 g/mol. The number of hydrogen-bond acceptors (Lipinski definition) is 4. The smallest absolute Gasteiger partial charge is 0.296 e. The number of hydrogen-bond donors (Lipinski definition) is 1. The zero-order chi connectivity index (χ0) is 18.0. The maximum atomic E-state index is 13.0. The SMILES string of the molecule is O=C(Nc1nnc(-c2ccc(F)cc2)s1)c1ccccc1C(F)(F)F. The van der Waals surface area contributed by atoms with Crippen LogP contribution in [0, 0.1) is 5.82 Å². The average Bonchev–Trinajstić information content (AvgIpc) is 3.03. The Morgan fingerprint density at radius 2 is 1.68 bits per heavy atom. The summed E-state index contributed by atoms with van der Waals surface area (Å²) in [6.07, 6.45) is -4.64. The number of benzene rings is 2. The first-order chi connectivity index (χ1) is 11.8. The molecule has 0 saturated carbocycles. The molecular weight excluding hydrogens is 358 g/mol. The number of anilines is 1. The Bertz CT molecular complexity index is 906. The highest BCUT2D eigenvalue weighted by Gasteiger charge is 2.35. The van der Waals surface area contributed by atoms with Gasteiger partial charge in [0.2, 0.25) is 5.13 Å². The Morgan fingerprint density at radius 1 is 1.00 bits per heavy atom. The van der Waals surface area contributed by atoms with Crippen molar-refractivity contribution in [2.75, 3.05) is 5.32 Å². The molecule has 1 aromatic heterocycles. The summed E-state index contributed by atoms with van der Waals surface area (Å²) in [5, 5.41) is 10.3. The molecule has 1 heterocycles. The van der Waals surface area contributed by atoms with Crippen molar-refractivity contribution in [3.63, 3.8) is 0 Å². The summed E-state index contributed by atoms with van der Waals surface area (Å²) in [6.45, 7) is 0. The van der Waals surface area contributed by atoms with Gasteiger partial charge in [0.25, 0.3) is 5.91 Å². The molecule has 0 radical (unpaired) electrons. The largest absolute Gasteiger partial charge is 0.417 e. The second kappa shape index (κ2) is 6.60. The number of carbonyl (C=O) groups excluding carboxylic acids is 1. The number of carbonyl (C=O) groups is 1. The van der Waals surface area contributed by atoms with Crippen LogP contribution in [0.5, 0.6) is 0 Å². The Morgan fingerprint density at radius 3 is 2.36 bits per heavy atom. The van der Waals surface area contributed by atoms with Crippen LogP contribution in [0.3, 0.4) is 0 Å². The molecule has 3 aromatic rings. The highest BCUT2D eigenvalue weighted by molar-refractivity contribution is 7.18. The summed E-state index contributed by atoms with van der Waals surface area (Å²) < 4.78 is 51.8. The van der Waals surface area contributed by atoms with Crippen LogP contribution < -0.4 is 5.32 Å². The van der Waals surface area contributed by atoms with Crippen LogP contribution in [-0.2, 0) is 6.18 Å². The molecule has 0 unspecified atom stereocenters. The fourth-order valence-electron chi connectivity index (χ4n) is 2.08. The summed E-state index contributed by atoms with van der Waals surface area (Å²) in [6, 6.07) is 9.92.